The first-order valence-corrected chi connectivity index (χ1v) is 8.03. The van der Waals surface area contributed by atoms with Gasteiger partial charge in [-0.25, -0.2) is 13.6 Å². The quantitative estimate of drug-likeness (QED) is 0.654. The topological polar surface area (TPSA) is 93.2 Å². The molecule has 142 valence electrons. The molecule has 0 saturated carbocycles. The van der Waals surface area contributed by atoms with Gasteiger partial charge in [-0.15, -0.1) is 10.2 Å². The molecule has 0 spiro atoms. The number of nitrogens with one attached hydrogen (secondary N) is 2. The van der Waals surface area contributed by atoms with Gasteiger partial charge in [-0.1, -0.05) is 18.2 Å². The lowest BCUT2D eigenvalue weighted by molar-refractivity contribution is 0.0602. The van der Waals surface area contributed by atoms with Crippen LogP contribution in [0.5, 0.6) is 0 Å². The smallest absolute Gasteiger partial charge is 0.339 e. The third-order valence-corrected chi connectivity index (χ3v) is 3.69. The van der Waals surface area contributed by atoms with Gasteiger partial charge in [0.25, 0.3) is 5.91 Å². The minimum Gasteiger partial charge on any atom is -0.465 e. The lowest BCUT2D eigenvalue weighted by atomic mass is 10.1. The Morgan fingerprint density at radius 1 is 0.929 bits per heavy atom. The second-order valence-corrected chi connectivity index (χ2v) is 5.52. The molecule has 0 bridgehead atoms. The number of benzene rings is 2. The van der Waals surface area contributed by atoms with Crippen molar-refractivity contribution in [1.82, 2.24) is 10.2 Å². The molecule has 3 aromatic rings. The van der Waals surface area contributed by atoms with Crippen molar-refractivity contribution < 1.29 is 23.1 Å². The van der Waals surface area contributed by atoms with Gasteiger partial charge in [-0.3, -0.25) is 4.79 Å². The second kappa shape index (κ2) is 8.21. The molecule has 1 aromatic heterocycles. The van der Waals surface area contributed by atoms with Gasteiger partial charge in [0.05, 0.1) is 18.4 Å². The summed E-state index contributed by atoms with van der Waals surface area (Å²) < 4.78 is 32.0. The molecule has 0 fully saturated rings. The van der Waals surface area contributed by atoms with Crippen molar-refractivity contribution in [1.29, 1.82) is 0 Å². The maximum Gasteiger partial charge on any atom is 0.339 e. The highest BCUT2D eigenvalue weighted by atomic mass is 19.1. The van der Waals surface area contributed by atoms with Crippen LogP contribution in [0, 0.1) is 11.6 Å². The molecule has 3 rings (SSSR count). The Hall–Kier alpha value is -3.88. The number of hydrogen-bond donors (Lipinski definition) is 2. The van der Waals surface area contributed by atoms with Crippen LogP contribution < -0.4 is 10.6 Å². The molecule has 0 radical (unpaired) electrons. The second-order valence-electron chi connectivity index (χ2n) is 5.52. The van der Waals surface area contributed by atoms with Crippen LogP contribution >= 0.6 is 0 Å². The summed E-state index contributed by atoms with van der Waals surface area (Å²) in [6, 6.07) is 12.4. The van der Waals surface area contributed by atoms with E-state index in [1.54, 1.807) is 12.1 Å². The summed E-state index contributed by atoms with van der Waals surface area (Å²) in [5.74, 6) is -2.75. The summed E-state index contributed by atoms with van der Waals surface area (Å²) >= 11 is 0. The van der Waals surface area contributed by atoms with Crippen LogP contribution in [0.1, 0.15) is 20.8 Å². The van der Waals surface area contributed by atoms with Crippen LogP contribution in [0.3, 0.4) is 0 Å². The van der Waals surface area contributed by atoms with E-state index < -0.39 is 23.5 Å². The zero-order valence-corrected chi connectivity index (χ0v) is 14.6. The Labute approximate surface area is 158 Å². The third kappa shape index (κ3) is 4.09. The number of carbonyl (C=O) groups is 2. The Balaban J connectivity index is 1.75. The van der Waals surface area contributed by atoms with Crippen molar-refractivity contribution in [3.8, 4) is 0 Å². The summed E-state index contributed by atoms with van der Waals surface area (Å²) in [4.78, 5) is 24.1. The van der Waals surface area contributed by atoms with E-state index in [-0.39, 0.29) is 28.5 Å². The van der Waals surface area contributed by atoms with Crippen molar-refractivity contribution in [2.45, 2.75) is 0 Å². The largest absolute Gasteiger partial charge is 0.465 e. The Morgan fingerprint density at radius 3 is 2.29 bits per heavy atom. The summed E-state index contributed by atoms with van der Waals surface area (Å²) in [6.07, 6.45) is 0. The van der Waals surface area contributed by atoms with Crippen LogP contribution in [-0.2, 0) is 4.74 Å². The molecule has 1 amide bonds. The standard InChI is InChI=1S/C19H14F2N4O3/c1-28-19(27)11-5-2-3-8-14(11)22-18(26)15-9-10-16(25-24-15)23-17-12(20)6-4-7-13(17)21/h2-10H,1H3,(H,22,26)(H,23,25). The molecule has 9 heteroatoms. The fraction of sp³-hybridized carbons (Fsp3) is 0.0526. The number of aromatic nitrogens is 2. The van der Waals surface area contributed by atoms with E-state index in [2.05, 4.69) is 25.6 Å². The average Bonchev–Trinajstić information content (AvgIpc) is 2.71. The molecule has 0 aliphatic carbocycles. The number of halogens is 2. The molecule has 2 aromatic carbocycles. The van der Waals surface area contributed by atoms with E-state index in [0.717, 1.165) is 12.1 Å². The van der Waals surface area contributed by atoms with Crippen LogP contribution in [0.4, 0.5) is 26.0 Å². The number of para-hydroxylation sites is 2. The maximum atomic E-state index is 13.7. The molecule has 0 aliphatic heterocycles. The predicted molar refractivity (Wildman–Crippen MR) is 97.4 cm³/mol. The third-order valence-electron chi connectivity index (χ3n) is 3.69. The Morgan fingerprint density at radius 2 is 1.64 bits per heavy atom. The molecule has 28 heavy (non-hydrogen) atoms. The molecule has 0 aliphatic rings. The zero-order chi connectivity index (χ0) is 20.1. The molecule has 2 N–H and O–H groups in total. The fourth-order valence-corrected chi connectivity index (χ4v) is 2.33. The molecular weight excluding hydrogens is 370 g/mol. The van der Waals surface area contributed by atoms with E-state index in [1.807, 2.05) is 0 Å². The normalized spacial score (nSPS) is 10.2. The molecule has 0 saturated heterocycles. The van der Waals surface area contributed by atoms with Crippen molar-refractivity contribution in [3.63, 3.8) is 0 Å². The van der Waals surface area contributed by atoms with Gasteiger partial charge in [0, 0.05) is 0 Å². The summed E-state index contributed by atoms with van der Waals surface area (Å²) in [6.45, 7) is 0. The van der Waals surface area contributed by atoms with Crippen LogP contribution in [-0.4, -0.2) is 29.2 Å². The number of carbonyl (C=O) groups excluding carboxylic acids is 2. The van der Waals surface area contributed by atoms with Gasteiger partial charge in [-0.05, 0) is 36.4 Å². The molecule has 0 unspecified atom stereocenters. The highest BCUT2D eigenvalue weighted by Crippen LogP contribution is 2.22. The Kier molecular flexibility index (Phi) is 5.54. The van der Waals surface area contributed by atoms with E-state index in [0.29, 0.717) is 0 Å². The number of methoxy groups -OCH3 is 1. The number of hydrogen-bond acceptors (Lipinski definition) is 6. The van der Waals surface area contributed by atoms with Crippen molar-refractivity contribution in [2.75, 3.05) is 17.7 Å². The van der Waals surface area contributed by atoms with E-state index in [9.17, 15) is 18.4 Å². The Bertz CT molecular complexity index is 1010. The van der Waals surface area contributed by atoms with E-state index in [4.69, 9.17) is 0 Å². The zero-order valence-electron chi connectivity index (χ0n) is 14.6. The monoisotopic (exact) mass is 384 g/mol. The lowest BCUT2D eigenvalue weighted by Crippen LogP contribution is -2.17. The van der Waals surface area contributed by atoms with Crippen molar-refractivity contribution in [3.05, 3.63) is 77.5 Å². The SMILES string of the molecule is COC(=O)c1ccccc1NC(=O)c1ccc(Nc2c(F)cccc2F)nn1. The number of esters is 1. The number of anilines is 3. The van der Waals surface area contributed by atoms with Gasteiger partial charge in [-0.2, -0.15) is 0 Å². The molecular formula is C19H14F2N4O3. The van der Waals surface area contributed by atoms with Gasteiger partial charge >= 0.3 is 5.97 Å². The van der Waals surface area contributed by atoms with Gasteiger partial charge in [0.2, 0.25) is 0 Å². The van der Waals surface area contributed by atoms with Crippen LogP contribution in [0.2, 0.25) is 0 Å². The first kappa shape index (κ1) is 18.9. The highest BCUT2D eigenvalue weighted by Gasteiger charge is 2.16. The van der Waals surface area contributed by atoms with Crippen molar-refractivity contribution in [2.24, 2.45) is 0 Å². The fourth-order valence-electron chi connectivity index (χ4n) is 2.33. The first-order valence-electron chi connectivity index (χ1n) is 8.03. The minimum absolute atomic E-state index is 0.0514. The lowest BCUT2D eigenvalue weighted by Gasteiger charge is -2.10. The maximum absolute atomic E-state index is 13.7. The van der Waals surface area contributed by atoms with Gasteiger partial charge < -0.3 is 15.4 Å². The summed E-state index contributed by atoms with van der Waals surface area (Å²) in [7, 11) is 1.23. The van der Waals surface area contributed by atoms with Crippen LogP contribution in [0.25, 0.3) is 0 Å². The number of nitrogens with zero attached hydrogens (tertiary/aromatic N) is 2. The summed E-state index contributed by atoms with van der Waals surface area (Å²) in [5, 5.41) is 12.5. The number of rotatable bonds is 5. The van der Waals surface area contributed by atoms with Crippen molar-refractivity contribution >= 4 is 29.1 Å². The average molecular weight is 384 g/mol. The predicted octanol–water partition coefficient (Wildman–Crippen LogP) is 3.54. The number of ether oxygens (including phenoxy) is 1. The van der Waals surface area contributed by atoms with Gasteiger partial charge in [0.15, 0.2) is 11.5 Å². The minimum atomic E-state index is -0.789. The molecule has 7 nitrogen and oxygen atoms in total. The van der Waals surface area contributed by atoms with E-state index >= 15 is 0 Å². The van der Waals surface area contributed by atoms with E-state index in [1.165, 1.54) is 37.4 Å². The molecule has 0 atom stereocenters. The molecule has 1 heterocycles. The first-order chi connectivity index (χ1) is 13.5. The summed E-state index contributed by atoms with van der Waals surface area (Å²) in [5.41, 5.74) is -0.00312. The number of amides is 1. The van der Waals surface area contributed by atoms with Gasteiger partial charge in [0.1, 0.15) is 17.3 Å². The highest BCUT2D eigenvalue weighted by molar-refractivity contribution is 6.07. The van der Waals surface area contributed by atoms with Crippen LogP contribution in [0.15, 0.2) is 54.6 Å².